The van der Waals surface area contributed by atoms with Crippen LogP contribution in [0.3, 0.4) is 0 Å². The highest BCUT2D eigenvalue weighted by Gasteiger charge is 2.22. The Morgan fingerprint density at radius 1 is 0.967 bits per heavy atom. The number of rotatable bonds is 7. The van der Waals surface area contributed by atoms with E-state index in [2.05, 4.69) is 25.9 Å². The van der Waals surface area contributed by atoms with Gasteiger partial charge in [0.1, 0.15) is 11.4 Å². The number of anilines is 5. The number of nitro groups is 1. The molecule has 1 aromatic heterocycles. The molecule has 10 heteroatoms. The van der Waals surface area contributed by atoms with Crippen LogP contribution < -0.4 is 20.7 Å². The summed E-state index contributed by atoms with van der Waals surface area (Å²) in [6.07, 6.45) is 0. The largest absolute Gasteiger partial charge is 0.497 e. The lowest BCUT2D eigenvalue weighted by molar-refractivity contribution is -0.385. The first kappa shape index (κ1) is 20.5. The zero-order valence-corrected chi connectivity index (χ0v) is 16.6. The maximum atomic E-state index is 11.5. The number of ether oxygens (including phenoxy) is 1. The Labute approximate surface area is 172 Å². The molecule has 0 spiro atoms. The first-order valence-corrected chi connectivity index (χ1v) is 8.94. The molecule has 1 heterocycles. The minimum atomic E-state index is -0.521. The lowest BCUT2D eigenvalue weighted by Crippen LogP contribution is -2.08. The van der Waals surface area contributed by atoms with Crippen LogP contribution in [0.5, 0.6) is 5.75 Å². The van der Waals surface area contributed by atoms with Gasteiger partial charge in [0.25, 0.3) is 0 Å². The average molecular weight is 408 g/mol. The third-order valence-electron chi connectivity index (χ3n) is 4.06. The van der Waals surface area contributed by atoms with Gasteiger partial charge in [-0.1, -0.05) is 0 Å². The van der Waals surface area contributed by atoms with Crippen molar-refractivity contribution in [3.63, 3.8) is 0 Å². The maximum Gasteiger partial charge on any atom is 0.332 e. The molecule has 0 saturated carbocycles. The Bertz CT molecular complexity index is 1070. The summed E-state index contributed by atoms with van der Waals surface area (Å²) in [5.41, 5.74) is 1.92. The molecule has 3 rings (SSSR count). The summed E-state index contributed by atoms with van der Waals surface area (Å²) in [5, 5.41) is 20.2. The molecular weight excluding hydrogens is 388 g/mol. The van der Waals surface area contributed by atoms with Crippen molar-refractivity contribution < 1.29 is 14.5 Å². The summed E-state index contributed by atoms with van der Waals surface area (Å²) < 4.78 is 5.12. The summed E-state index contributed by atoms with van der Waals surface area (Å²) in [6.45, 7) is 2.97. The Morgan fingerprint density at radius 2 is 1.53 bits per heavy atom. The van der Waals surface area contributed by atoms with Crippen LogP contribution in [0.25, 0.3) is 0 Å². The number of nitrogens with zero attached hydrogens (tertiary/aromatic N) is 3. The molecule has 0 unspecified atom stereocenters. The lowest BCUT2D eigenvalue weighted by atomic mass is 10.2. The molecule has 0 bridgehead atoms. The molecule has 0 atom stereocenters. The van der Waals surface area contributed by atoms with E-state index in [0.717, 1.165) is 0 Å². The summed E-state index contributed by atoms with van der Waals surface area (Å²) in [4.78, 5) is 30.6. The fourth-order valence-electron chi connectivity index (χ4n) is 2.71. The highest BCUT2D eigenvalue weighted by molar-refractivity contribution is 5.88. The zero-order valence-electron chi connectivity index (χ0n) is 16.6. The van der Waals surface area contributed by atoms with Crippen LogP contribution in [0.2, 0.25) is 0 Å². The van der Waals surface area contributed by atoms with Gasteiger partial charge in [0.15, 0.2) is 0 Å². The van der Waals surface area contributed by atoms with Crippen LogP contribution in [-0.4, -0.2) is 27.9 Å². The first-order chi connectivity index (χ1) is 14.4. The zero-order chi connectivity index (χ0) is 21.7. The monoisotopic (exact) mass is 408 g/mol. The second kappa shape index (κ2) is 8.86. The van der Waals surface area contributed by atoms with Crippen molar-refractivity contribution in [2.45, 2.75) is 13.8 Å². The number of hydrogen-bond donors (Lipinski definition) is 3. The smallest absolute Gasteiger partial charge is 0.332 e. The van der Waals surface area contributed by atoms with Crippen molar-refractivity contribution in [1.82, 2.24) is 9.97 Å². The number of methoxy groups -OCH3 is 1. The summed E-state index contributed by atoms with van der Waals surface area (Å²) in [7, 11) is 1.56. The van der Waals surface area contributed by atoms with Crippen molar-refractivity contribution in [2.75, 3.05) is 23.1 Å². The molecular formula is C20H20N6O4. The van der Waals surface area contributed by atoms with Crippen molar-refractivity contribution in [3.05, 3.63) is 64.3 Å². The number of aryl methyl sites for hydroxylation is 1. The number of carbonyl (C=O) groups excluding carboxylic acids is 1. The van der Waals surface area contributed by atoms with E-state index in [1.54, 1.807) is 62.6 Å². The molecule has 10 nitrogen and oxygen atoms in total. The highest BCUT2D eigenvalue weighted by Crippen LogP contribution is 2.30. The molecule has 0 aliphatic rings. The Balaban J connectivity index is 1.88. The van der Waals surface area contributed by atoms with Crippen LogP contribution in [-0.2, 0) is 4.79 Å². The molecule has 154 valence electrons. The van der Waals surface area contributed by atoms with Crippen molar-refractivity contribution in [3.8, 4) is 5.75 Å². The van der Waals surface area contributed by atoms with Crippen LogP contribution in [0.15, 0.2) is 48.5 Å². The standard InChI is InChI=1S/C20H20N6O4/c1-12-18(26(28)29)19(23-15-8-10-17(30-3)11-9-15)25-20(21-12)24-16-6-4-14(5-7-16)22-13(2)27/h4-11H,1-3H3,(H,22,27)(H2,21,23,24,25). The van der Waals surface area contributed by atoms with Gasteiger partial charge in [-0.3, -0.25) is 14.9 Å². The molecule has 2 aromatic carbocycles. The normalized spacial score (nSPS) is 10.2. The fraction of sp³-hybridized carbons (Fsp3) is 0.150. The molecule has 3 N–H and O–H groups in total. The molecule has 0 saturated heterocycles. The van der Waals surface area contributed by atoms with Gasteiger partial charge in [0, 0.05) is 24.0 Å². The second-order valence-electron chi connectivity index (χ2n) is 6.32. The molecule has 0 aliphatic heterocycles. The number of benzene rings is 2. The molecule has 0 fully saturated rings. The van der Waals surface area contributed by atoms with Gasteiger partial charge in [-0.15, -0.1) is 0 Å². The van der Waals surface area contributed by atoms with Gasteiger partial charge in [-0.2, -0.15) is 4.98 Å². The summed E-state index contributed by atoms with van der Waals surface area (Å²) in [6, 6.07) is 13.8. The number of carbonyl (C=O) groups is 1. The van der Waals surface area contributed by atoms with Crippen molar-refractivity contribution in [1.29, 1.82) is 0 Å². The van der Waals surface area contributed by atoms with E-state index in [1.807, 2.05) is 0 Å². The summed E-state index contributed by atoms with van der Waals surface area (Å²) in [5.74, 6) is 0.759. The number of amides is 1. The Morgan fingerprint density at radius 3 is 2.10 bits per heavy atom. The number of nitrogens with one attached hydrogen (secondary N) is 3. The maximum absolute atomic E-state index is 11.5. The van der Waals surface area contributed by atoms with Gasteiger partial charge >= 0.3 is 5.69 Å². The topological polar surface area (TPSA) is 131 Å². The van der Waals surface area contributed by atoms with E-state index >= 15 is 0 Å². The van der Waals surface area contributed by atoms with E-state index in [4.69, 9.17) is 4.74 Å². The lowest BCUT2D eigenvalue weighted by Gasteiger charge is -2.12. The van der Waals surface area contributed by atoms with E-state index < -0.39 is 4.92 Å². The Kier molecular flexibility index (Phi) is 6.06. The minimum Gasteiger partial charge on any atom is -0.497 e. The average Bonchev–Trinajstić information content (AvgIpc) is 2.69. The molecule has 3 aromatic rings. The van der Waals surface area contributed by atoms with Crippen LogP contribution in [0.1, 0.15) is 12.6 Å². The molecule has 0 aliphatic carbocycles. The van der Waals surface area contributed by atoms with E-state index in [1.165, 1.54) is 6.92 Å². The van der Waals surface area contributed by atoms with Crippen LogP contribution in [0.4, 0.5) is 34.5 Å². The third-order valence-corrected chi connectivity index (χ3v) is 4.06. The van der Waals surface area contributed by atoms with E-state index in [0.29, 0.717) is 22.8 Å². The fourth-order valence-corrected chi connectivity index (χ4v) is 2.71. The van der Waals surface area contributed by atoms with Gasteiger partial charge in [0.05, 0.1) is 12.0 Å². The SMILES string of the molecule is COc1ccc(Nc2nc(Nc3ccc(NC(C)=O)cc3)nc(C)c2[N+](=O)[O-])cc1. The molecule has 0 radical (unpaired) electrons. The first-order valence-electron chi connectivity index (χ1n) is 8.94. The van der Waals surface area contributed by atoms with Gasteiger partial charge in [0.2, 0.25) is 17.7 Å². The Hall–Kier alpha value is -4.21. The quantitative estimate of drug-likeness (QED) is 0.392. The highest BCUT2D eigenvalue weighted by atomic mass is 16.6. The van der Waals surface area contributed by atoms with Gasteiger partial charge in [-0.05, 0) is 55.5 Å². The van der Waals surface area contributed by atoms with E-state index in [9.17, 15) is 14.9 Å². The second-order valence-corrected chi connectivity index (χ2v) is 6.32. The van der Waals surface area contributed by atoms with Crippen molar-refractivity contribution in [2.24, 2.45) is 0 Å². The molecule has 1 amide bonds. The van der Waals surface area contributed by atoms with Crippen LogP contribution in [0, 0.1) is 17.0 Å². The predicted octanol–water partition coefficient (Wildman–Crippen LogP) is 4.15. The van der Waals surface area contributed by atoms with E-state index in [-0.39, 0.29) is 29.1 Å². The summed E-state index contributed by atoms with van der Waals surface area (Å²) >= 11 is 0. The van der Waals surface area contributed by atoms with Gasteiger partial charge < -0.3 is 20.7 Å². The molecule has 30 heavy (non-hydrogen) atoms. The number of hydrogen-bond acceptors (Lipinski definition) is 8. The van der Waals surface area contributed by atoms with Gasteiger partial charge in [-0.25, -0.2) is 4.98 Å². The predicted molar refractivity (Wildman–Crippen MR) is 114 cm³/mol. The number of aromatic nitrogens is 2. The van der Waals surface area contributed by atoms with Crippen molar-refractivity contribution >= 4 is 40.4 Å². The van der Waals surface area contributed by atoms with Crippen LogP contribution >= 0.6 is 0 Å². The third kappa shape index (κ3) is 4.98. The minimum absolute atomic E-state index is 0.0648.